The van der Waals surface area contributed by atoms with Crippen LogP contribution >= 0.6 is 0 Å². The van der Waals surface area contributed by atoms with E-state index < -0.39 is 5.54 Å². The highest BCUT2D eigenvalue weighted by Crippen LogP contribution is 2.46. The molecule has 1 amide bonds. The first kappa shape index (κ1) is 21.9. The molecule has 3 N–H and O–H groups in total. The van der Waals surface area contributed by atoms with Crippen LogP contribution in [0.1, 0.15) is 30.2 Å². The van der Waals surface area contributed by atoms with Crippen molar-refractivity contribution in [1.29, 1.82) is 0 Å². The van der Waals surface area contributed by atoms with Gasteiger partial charge in [-0.2, -0.15) is 0 Å². The summed E-state index contributed by atoms with van der Waals surface area (Å²) in [5, 5.41) is 8.09. The van der Waals surface area contributed by atoms with E-state index in [0.29, 0.717) is 0 Å². The highest BCUT2D eigenvalue weighted by Gasteiger charge is 2.52. The zero-order chi connectivity index (χ0) is 25.0. The zero-order valence-corrected chi connectivity index (χ0v) is 20.5. The molecule has 2 atom stereocenters. The topological polar surface area (TPSA) is 66.2 Å². The monoisotopic (exact) mass is 485 g/mol. The molecule has 0 saturated heterocycles. The number of benzene rings is 4. The van der Waals surface area contributed by atoms with Gasteiger partial charge in [0.1, 0.15) is 11.5 Å². The highest BCUT2D eigenvalue weighted by atomic mass is 16.5. The Morgan fingerprint density at radius 2 is 1.57 bits per heavy atom. The van der Waals surface area contributed by atoms with Crippen molar-refractivity contribution in [1.82, 2.24) is 10.3 Å². The minimum absolute atomic E-state index is 0.0344. The second-order valence-electron chi connectivity index (χ2n) is 10.0. The Morgan fingerprint density at radius 1 is 0.838 bits per heavy atom. The number of ether oxygens (including phenoxy) is 1. The fourth-order valence-corrected chi connectivity index (χ4v) is 5.87. The third-order valence-corrected chi connectivity index (χ3v) is 7.66. The van der Waals surface area contributed by atoms with Gasteiger partial charge in [-0.25, -0.2) is 0 Å². The van der Waals surface area contributed by atoms with Crippen LogP contribution in [0.15, 0.2) is 97.1 Å². The quantitative estimate of drug-likeness (QED) is 0.265. The summed E-state index contributed by atoms with van der Waals surface area (Å²) < 4.78 is 5.97. The number of H-pyrrole nitrogens is 1. The predicted molar refractivity (Wildman–Crippen MR) is 147 cm³/mol. The van der Waals surface area contributed by atoms with Crippen molar-refractivity contribution in [3.63, 3.8) is 0 Å². The molecule has 0 fully saturated rings. The van der Waals surface area contributed by atoms with Gasteiger partial charge in [-0.1, -0.05) is 54.6 Å². The molecule has 5 aromatic rings. The van der Waals surface area contributed by atoms with Crippen molar-refractivity contribution in [2.75, 3.05) is 5.32 Å². The number of fused-ring (bicyclic) bond motifs is 6. The first-order chi connectivity index (χ1) is 18.1. The lowest BCUT2D eigenvalue weighted by molar-refractivity contribution is -0.120. The lowest BCUT2D eigenvalue weighted by Gasteiger charge is -2.30. The van der Waals surface area contributed by atoms with Crippen molar-refractivity contribution in [2.45, 2.75) is 31.3 Å². The number of carbonyl (C=O) groups excluding carboxylic acids is 1. The van der Waals surface area contributed by atoms with Gasteiger partial charge < -0.3 is 15.0 Å². The average molecular weight is 486 g/mol. The van der Waals surface area contributed by atoms with E-state index in [1.807, 2.05) is 54.6 Å². The molecule has 2 unspecified atom stereocenters. The number of para-hydroxylation sites is 2. The summed E-state index contributed by atoms with van der Waals surface area (Å²) in [6, 6.07) is 32.6. The fourth-order valence-electron chi connectivity index (χ4n) is 5.87. The predicted octanol–water partition coefficient (Wildman–Crippen LogP) is 6.75. The van der Waals surface area contributed by atoms with Gasteiger partial charge >= 0.3 is 0 Å². The Morgan fingerprint density at radius 3 is 2.41 bits per heavy atom. The summed E-state index contributed by atoms with van der Waals surface area (Å²) in [4.78, 5) is 17.4. The number of aryl methyl sites for hydroxylation is 1. The highest BCUT2D eigenvalue weighted by molar-refractivity contribution is 6.09. The van der Waals surface area contributed by atoms with Crippen molar-refractivity contribution < 1.29 is 9.53 Å². The van der Waals surface area contributed by atoms with Gasteiger partial charge in [0, 0.05) is 28.2 Å². The summed E-state index contributed by atoms with van der Waals surface area (Å²) >= 11 is 0. The Bertz CT molecular complexity index is 1640. The molecule has 7 rings (SSSR count). The van der Waals surface area contributed by atoms with Crippen LogP contribution in [0.3, 0.4) is 0 Å². The molecular weight excluding hydrogens is 458 g/mol. The molecule has 4 aromatic carbocycles. The van der Waals surface area contributed by atoms with Gasteiger partial charge in [0.05, 0.1) is 5.69 Å². The molecule has 0 saturated carbocycles. The summed E-state index contributed by atoms with van der Waals surface area (Å²) in [5.74, 6) is 1.56. The number of hydrogen-bond acceptors (Lipinski definition) is 3. The molecule has 2 aliphatic heterocycles. The van der Waals surface area contributed by atoms with Crippen LogP contribution in [-0.2, 0) is 16.8 Å². The van der Waals surface area contributed by atoms with Crippen LogP contribution in [-0.4, -0.2) is 16.9 Å². The third-order valence-electron chi connectivity index (χ3n) is 7.66. The van der Waals surface area contributed by atoms with Crippen molar-refractivity contribution in [3.8, 4) is 22.6 Å². The van der Waals surface area contributed by atoms with Crippen LogP contribution in [0.25, 0.3) is 22.0 Å². The number of amides is 1. The van der Waals surface area contributed by atoms with Crippen LogP contribution in [0.5, 0.6) is 11.5 Å². The van der Waals surface area contributed by atoms with Gasteiger partial charge in [-0.3, -0.25) is 10.1 Å². The average Bonchev–Trinajstić information content (AvgIpc) is 3.38. The number of carbonyl (C=O) groups is 1. The number of aromatic amines is 1. The summed E-state index contributed by atoms with van der Waals surface area (Å²) in [5.41, 5.74) is 6.21. The number of hydrogen-bond donors (Lipinski definition) is 3. The minimum Gasteiger partial charge on any atom is -0.457 e. The van der Waals surface area contributed by atoms with E-state index in [1.54, 1.807) is 0 Å². The molecule has 0 bridgehead atoms. The van der Waals surface area contributed by atoms with Crippen molar-refractivity contribution in [2.24, 2.45) is 0 Å². The number of aromatic nitrogens is 1. The Balaban J connectivity index is 1.32. The molecule has 1 aromatic heterocycles. The maximum Gasteiger partial charge on any atom is 0.255 e. The molecule has 5 heteroatoms. The van der Waals surface area contributed by atoms with Crippen LogP contribution in [0.4, 0.5) is 5.69 Å². The van der Waals surface area contributed by atoms with E-state index >= 15 is 0 Å². The normalized spacial score (nSPS) is 20.4. The van der Waals surface area contributed by atoms with Crippen molar-refractivity contribution >= 4 is 22.5 Å². The Hall–Kier alpha value is -4.35. The minimum atomic E-state index is -0.966. The number of rotatable bonds is 3. The van der Waals surface area contributed by atoms with Crippen LogP contribution in [0, 0.1) is 0 Å². The third kappa shape index (κ3) is 3.46. The maximum absolute atomic E-state index is 13.8. The molecule has 182 valence electrons. The van der Waals surface area contributed by atoms with E-state index in [4.69, 9.17) is 4.74 Å². The van der Waals surface area contributed by atoms with E-state index in [-0.39, 0.29) is 11.9 Å². The van der Waals surface area contributed by atoms with Gasteiger partial charge in [-0.15, -0.1) is 0 Å². The zero-order valence-electron chi connectivity index (χ0n) is 20.5. The largest absolute Gasteiger partial charge is 0.457 e. The lowest BCUT2D eigenvalue weighted by atomic mass is 9.84. The van der Waals surface area contributed by atoms with Crippen LogP contribution < -0.4 is 15.4 Å². The number of anilines is 1. The molecule has 37 heavy (non-hydrogen) atoms. The second kappa shape index (κ2) is 8.36. The first-order valence-corrected chi connectivity index (χ1v) is 12.8. The van der Waals surface area contributed by atoms with E-state index in [2.05, 4.69) is 65.0 Å². The summed E-state index contributed by atoms with van der Waals surface area (Å²) in [6.07, 6.45) is 1.88. The lowest BCUT2D eigenvalue weighted by Crippen LogP contribution is -2.52. The first-order valence-electron chi connectivity index (χ1n) is 12.8. The molecule has 5 nitrogen and oxygen atoms in total. The van der Waals surface area contributed by atoms with Crippen LogP contribution in [0.2, 0.25) is 0 Å². The van der Waals surface area contributed by atoms with Gasteiger partial charge in [-0.05, 0) is 78.9 Å². The fraction of sp³-hybridized carbons (Fsp3) is 0.156. The molecule has 3 heterocycles. The standard InChI is InChI=1S/C32H27N3O2/c1-20-11-17-26-25-9-5-6-10-28(25)33-30(26)32(35-20)27-19-22(14-18-29(27)34-31(32)36)21-12-15-24(16-13-21)37-23-7-3-2-4-8-23/h2-10,12-16,18-20,33,35H,11,17H2,1H3,(H,34,36). The smallest absolute Gasteiger partial charge is 0.255 e. The molecular formula is C32H27N3O2. The van der Waals surface area contributed by atoms with Crippen molar-refractivity contribution in [3.05, 3.63) is 114 Å². The number of nitrogens with one attached hydrogen (secondary N) is 3. The molecule has 1 spiro atoms. The molecule has 2 aliphatic rings. The van der Waals surface area contributed by atoms with Gasteiger partial charge in [0.2, 0.25) is 0 Å². The molecule has 0 radical (unpaired) electrons. The van der Waals surface area contributed by atoms with E-state index in [1.165, 1.54) is 10.9 Å². The van der Waals surface area contributed by atoms with Gasteiger partial charge in [0.25, 0.3) is 5.91 Å². The van der Waals surface area contributed by atoms with E-state index in [0.717, 1.165) is 57.9 Å². The summed E-state index contributed by atoms with van der Waals surface area (Å²) in [7, 11) is 0. The summed E-state index contributed by atoms with van der Waals surface area (Å²) in [6.45, 7) is 2.16. The second-order valence-corrected chi connectivity index (χ2v) is 10.0. The Labute approximate surface area is 215 Å². The molecule has 0 aliphatic carbocycles. The van der Waals surface area contributed by atoms with Gasteiger partial charge in [0.15, 0.2) is 5.54 Å². The maximum atomic E-state index is 13.8. The SMILES string of the molecule is CC1CCc2c([nH]c3ccccc23)C2(N1)C(=O)Nc1ccc(-c3ccc(Oc4ccccc4)cc3)cc12. The Kier molecular flexibility index (Phi) is 4.94. The van der Waals surface area contributed by atoms with E-state index in [9.17, 15) is 4.79 Å².